The van der Waals surface area contributed by atoms with Crippen molar-refractivity contribution in [2.24, 2.45) is 0 Å². The van der Waals surface area contributed by atoms with Gasteiger partial charge in [0.2, 0.25) is 5.91 Å². The second-order valence-electron chi connectivity index (χ2n) is 7.48. The molecule has 0 aliphatic carbocycles. The fourth-order valence-electron chi connectivity index (χ4n) is 3.47. The Bertz CT molecular complexity index is 1140. The van der Waals surface area contributed by atoms with E-state index in [9.17, 15) is 9.59 Å². The zero-order valence-corrected chi connectivity index (χ0v) is 19.8. The zero-order valence-electron chi connectivity index (χ0n) is 19.0. The van der Waals surface area contributed by atoms with Crippen LogP contribution in [0.1, 0.15) is 10.4 Å². The second-order valence-corrected chi connectivity index (χ2v) is 8.34. The van der Waals surface area contributed by atoms with Gasteiger partial charge in [-0.3, -0.25) is 14.9 Å². The van der Waals surface area contributed by atoms with Crippen LogP contribution in [0.2, 0.25) is 0 Å². The van der Waals surface area contributed by atoms with Gasteiger partial charge in [-0.05, 0) is 42.5 Å². The summed E-state index contributed by atoms with van der Waals surface area (Å²) in [6, 6.07) is 12.6. The summed E-state index contributed by atoms with van der Waals surface area (Å²) >= 11 is 1.35. The average molecular weight is 483 g/mol. The average Bonchev–Trinajstić information content (AvgIpc) is 3.36. The molecule has 2 aromatic carbocycles. The summed E-state index contributed by atoms with van der Waals surface area (Å²) < 4.78 is 15.9. The summed E-state index contributed by atoms with van der Waals surface area (Å²) in [7, 11) is 3.14. The highest BCUT2D eigenvalue weighted by Gasteiger charge is 2.18. The third-order valence-corrected chi connectivity index (χ3v) is 6.13. The van der Waals surface area contributed by atoms with Crippen LogP contribution >= 0.6 is 11.3 Å². The number of hydrogen-bond donors (Lipinski definition) is 2. The zero-order chi connectivity index (χ0) is 23.9. The molecule has 0 radical (unpaired) electrons. The largest absolute Gasteiger partial charge is 0.497 e. The number of anilines is 2. The normalized spacial score (nSPS) is 13.3. The molecule has 0 unspecified atom stereocenters. The number of aromatic nitrogens is 1. The van der Waals surface area contributed by atoms with Crippen molar-refractivity contribution >= 4 is 34.0 Å². The number of carbonyl (C=O) groups excluding carboxylic acids is 2. The van der Waals surface area contributed by atoms with Crippen molar-refractivity contribution in [2.45, 2.75) is 0 Å². The summed E-state index contributed by atoms with van der Waals surface area (Å²) in [6.45, 7) is 2.43. The molecule has 0 spiro atoms. The van der Waals surface area contributed by atoms with Crippen LogP contribution in [-0.4, -0.2) is 68.8 Å². The molecular weight excluding hydrogens is 456 g/mol. The molecule has 0 atom stereocenters. The van der Waals surface area contributed by atoms with Crippen LogP contribution in [0.5, 0.6) is 11.5 Å². The number of rotatable bonds is 8. The van der Waals surface area contributed by atoms with E-state index in [0.29, 0.717) is 48.4 Å². The highest BCUT2D eigenvalue weighted by atomic mass is 32.1. The van der Waals surface area contributed by atoms with Gasteiger partial charge in [-0.2, -0.15) is 0 Å². The summed E-state index contributed by atoms with van der Waals surface area (Å²) in [5.41, 5.74) is 2.76. The van der Waals surface area contributed by atoms with Crippen molar-refractivity contribution < 1.29 is 23.8 Å². The van der Waals surface area contributed by atoms with Gasteiger partial charge in [0.1, 0.15) is 11.5 Å². The molecule has 2 heterocycles. The van der Waals surface area contributed by atoms with Crippen molar-refractivity contribution in [3.63, 3.8) is 0 Å². The number of carbonyl (C=O) groups is 2. The van der Waals surface area contributed by atoms with E-state index in [1.807, 2.05) is 29.6 Å². The number of nitrogens with zero attached hydrogens (tertiary/aromatic N) is 2. The topological polar surface area (TPSA) is 102 Å². The van der Waals surface area contributed by atoms with Crippen molar-refractivity contribution in [1.29, 1.82) is 0 Å². The quantitative estimate of drug-likeness (QED) is 0.508. The first-order valence-electron chi connectivity index (χ1n) is 10.8. The van der Waals surface area contributed by atoms with E-state index in [0.717, 1.165) is 17.0 Å². The molecule has 178 valence electrons. The van der Waals surface area contributed by atoms with Crippen LogP contribution in [-0.2, 0) is 9.53 Å². The molecular formula is C24H26N4O5S. The SMILES string of the molecule is COc1ccc(-c2csc(NC(=O)c3ccc(NCC(=O)N4CCOCC4)c(OC)c3)n2)cc1. The maximum absolute atomic E-state index is 12.8. The predicted molar refractivity (Wildman–Crippen MR) is 131 cm³/mol. The molecule has 3 aromatic rings. The van der Waals surface area contributed by atoms with Gasteiger partial charge in [0.25, 0.3) is 5.91 Å². The molecule has 1 aliphatic heterocycles. The molecule has 4 rings (SSSR count). The maximum atomic E-state index is 12.8. The molecule has 1 fully saturated rings. The lowest BCUT2D eigenvalue weighted by Gasteiger charge is -2.27. The molecule has 10 heteroatoms. The molecule has 1 aromatic heterocycles. The number of methoxy groups -OCH3 is 2. The monoisotopic (exact) mass is 482 g/mol. The number of nitrogens with one attached hydrogen (secondary N) is 2. The van der Waals surface area contributed by atoms with Crippen LogP contribution in [0, 0.1) is 0 Å². The highest BCUT2D eigenvalue weighted by Crippen LogP contribution is 2.28. The molecule has 0 bridgehead atoms. The number of hydrogen-bond acceptors (Lipinski definition) is 8. The van der Waals surface area contributed by atoms with Crippen LogP contribution in [0.25, 0.3) is 11.3 Å². The first-order chi connectivity index (χ1) is 16.6. The van der Waals surface area contributed by atoms with Gasteiger partial charge >= 0.3 is 0 Å². The lowest BCUT2D eigenvalue weighted by molar-refractivity contribution is -0.133. The summed E-state index contributed by atoms with van der Waals surface area (Å²) in [6.07, 6.45) is 0. The Morgan fingerprint density at radius 3 is 2.56 bits per heavy atom. The third-order valence-electron chi connectivity index (χ3n) is 5.37. The number of morpholine rings is 1. The number of ether oxygens (including phenoxy) is 3. The van der Waals surface area contributed by atoms with Crippen LogP contribution in [0.3, 0.4) is 0 Å². The van der Waals surface area contributed by atoms with Crippen LogP contribution < -0.4 is 20.1 Å². The van der Waals surface area contributed by atoms with Gasteiger partial charge in [0.05, 0.1) is 45.4 Å². The summed E-state index contributed by atoms with van der Waals surface area (Å²) in [5, 5.41) is 8.31. The number of thiazole rings is 1. The van der Waals surface area contributed by atoms with Crippen molar-refractivity contribution in [1.82, 2.24) is 9.88 Å². The van der Waals surface area contributed by atoms with Gasteiger partial charge in [0, 0.05) is 29.6 Å². The van der Waals surface area contributed by atoms with Crippen molar-refractivity contribution in [3.05, 3.63) is 53.4 Å². The minimum absolute atomic E-state index is 0.0105. The lowest BCUT2D eigenvalue weighted by atomic mass is 10.1. The van der Waals surface area contributed by atoms with Gasteiger partial charge in [-0.15, -0.1) is 11.3 Å². The minimum Gasteiger partial charge on any atom is -0.497 e. The number of amides is 2. The Morgan fingerprint density at radius 1 is 1.09 bits per heavy atom. The Morgan fingerprint density at radius 2 is 1.85 bits per heavy atom. The molecule has 0 saturated carbocycles. The van der Waals surface area contributed by atoms with Crippen molar-refractivity contribution in [2.75, 3.05) is 57.7 Å². The highest BCUT2D eigenvalue weighted by molar-refractivity contribution is 7.14. The van der Waals surface area contributed by atoms with E-state index in [2.05, 4.69) is 15.6 Å². The summed E-state index contributed by atoms with van der Waals surface area (Å²) in [5.74, 6) is 0.929. The molecule has 2 N–H and O–H groups in total. The Hall–Kier alpha value is -3.63. The molecule has 2 amide bonds. The molecule has 1 saturated heterocycles. The van der Waals surface area contributed by atoms with E-state index in [1.54, 1.807) is 30.2 Å². The molecule has 34 heavy (non-hydrogen) atoms. The van der Waals surface area contributed by atoms with E-state index in [1.165, 1.54) is 18.4 Å². The van der Waals surface area contributed by atoms with Crippen LogP contribution in [0.4, 0.5) is 10.8 Å². The van der Waals surface area contributed by atoms with E-state index < -0.39 is 0 Å². The predicted octanol–water partition coefficient (Wildman–Crippen LogP) is 3.35. The first-order valence-corrected chi connectivity index (χ1v) is 11.6. The van der Waals surface area contributed by atoms with E-state index >= 15 is 0 Å². The second kappa shape index (κ2) is 11.0. The van der Waals surface area contributed by atoms with Gasteiger partial charge < -0.3 is 24.4 Å². The fourth-order valence-corrected chi connectivity index (χ4v) is 4.18. The maximum Gasteiger partial charge on any atom is 0.257 e. The summed E-state index contributed by atoms with van der Waals surface area (Å²) in [4.78, 5) is 31.4. The minimum atomic E-state index is -0.301. The lowest BCUT2D eigenvalue weighted by Crippen LogP contribution is -2.43. The van der Waals surface area contributed by atoms with Gasteiger partial charge in [-0.1, -0.05) is 0 Å². The van der Waals surface area contributed by atoms with E-state index in [-0.39, 0.29) is 18.4 Å². The van der Waals surface area contributed by atoms with Crippen molar-refractivity contribution in [3.8, 4) is 22.8 Å². The third kappa shape index (κ3) is 5.64. The fraction of sp³-hybridized carbons (Fsp3) is 0.292. The molecule has 1 aliphatic rings. The van der Waals surface area contributed by atoms with Gasteiger partial charge in [-0.25, -0.2) is 4.98 Å². The Kier molecular flexibility index (Phi) is 7.61. The first kappa shape index (κ1) is 23.5. The number of benzene rings is 2. The molecule has 9 nitrogen and oxygen atoms in total. The Labute approximate surface area is 201 Å². The van der Waals surface area contributed by atoms with Gasteiger partial charge in [0.15, 0.2) is 5.13 Å². The smallest absolute Gasteiger partial charge is 0.257 e. The standard InChI is InChI=1S/C24H26N4O5S/c1-31-18-6-3-16(4-7-18)20-15-34-24(26-20)27-23(30)17-5-8-19(21(13-17)32-2)25-14-22(29)28-9-11-33-12-10-28/h3-8,13,15,25H,9-12,14H2,1-2H3,(H,26,27,30). The van der Waals surface area contributed by atoms with E-state index in [4.69, 9.17) is 14.2 Å². The Balaban J connectivity index is 1.38. The van der Waals surface area contributed by atoms with Crippen LogP contribution in [0.15, 0.2) is 47.8 Å².